The lowest BCUT2D eigenvalue weighted by Gasteiger charge is -2.19. The molecule has 0 radical (unpaired) electrons. The molecule has 1 atom stereocenters. The SMILES string of the molecule is CNC(=O)C(C)CN(C)Cc1nnsc1Cl. The van der Waals surface area contributed by atoms with E-state index in [1.807, 2.05) is 18.9 Å². The van der Waals surface area contributed by atoms with E-state index >= 15 is 0 Å². The zero-order valence-corrected chi connectivity index (χ0v) is 11.1. The van der Waals surface area contributed by atoms with Gasteiger partial charge in [0.05, 0.1) is 0 Å². The highest BCUT2D eigenvalue weighted by atomic mass is 35.5. The van der Waals surface area contributed by atoms with Gasteiger partial charge in [0.2, 0.25) is 5.91 Å². The predicted molar refractivity (Wildman–Crippen MR) is 64.5 cm³/mol. The summed E-state index contributed by atoms with van der Waals surface area (Å²) in [5, 5.41) is 6.55. The fourth-order valence-corrected chi connectivity index (χ4v) is 2.02. The number of nitrogens with one attached hydrogen (secondary N) is 1. The van der Waals surface area contributed by atoms with Crippen LogP contribution in [0.5, 0.6) is 0 Å². The molecule has 5 nitrogen and oxygen atoms in total. The molecule has 1 unspecified atom stereocenters. The quantitative estimate of drug-likeness (QED) is 0.860. The number of halogens is 1. The number of rotatable bonds is 5. The Labute approximate surface area is 104 Å². The molecule has 0 spiro atoms. The van der Waals surface area contributed by atoms with E-state index in [1.54, 1.807) is 7.05 Å². The lowest BCUT2D eigenvalue weighted by atomic mass is 10.1. The van der Waals surface area contributed by atoms with Gasteiger partial charge < -0.3 is 5.32 Å². The van der Waals surface area contributed by atoms with Gasteiger partial charge in [-0.05, 0) is 7.05 Å². The van der Waals surface area contributed by atoms with Gasteiger partial charge in [-0.1, -0.05) is 23.0 Å². The van der Waals surface area contributed by atoms with Crippen molar-refractivity contribution in [3.8, 4) is 0 Å². The van der Waals surface area contributed by atoms with Crippen LogP contribution in [0, 0.1) is 5.92 Å². The third kappa shape index (κ3) is 3.70. The van der Waals surface area contributed by atoms with Crippen molar-refractivity contribution < 1.29 is 4.79 Å². The van der Waals surface area contributed by atoms with Crippen molar-refractivity contribution in [3.63, 3.8) is 0 Å². The van der Waals surface area contributed by atoms with Crippen LogP contribution in [0.2, 0.25) is 4.34 Å². The molecule has 7 heteroatoms. The second kappa shape index (κ2) is 6.12. The van der Waals surface area contributed by atoms with Crippen molar-refractivity contribution in [3.05, 3.63) is 10.0 Å². The molecule has 1 aromatic heterocycles. The highest BCUT2D eigenvalue weighted by Crippen LogP contribution is 2.18. The minimum Gasteiger partial charge on any atom is -0.359 e. The molecule has 0 saturated carbocycles. The molecule has 0 aliphatic rings. The van der Waals surface area contributed by atoms with Crippen LogP contribution in [-0.4, -0.2) is 41.0 Å². The summed E-state index contributed by atoms with van der Waals surface area (Å²) in [4.78, 5) is 13.3. The van der Waals surface area contributed by atoms with E-state index in [1.165, 1.54) is 11.5 Å². The molecule has 1 rings (SSSR count). The van der Waals surface area contributed by atoms with Gasteiger partial charge in [0.15, 0.2) is 0 Å². The van der Waals surface area contributed by atoms with Crippen LogP contribution >= 0.6 is 23.1 Å². The van der Waals surface area contributed by atoms with E-state index in [0.717, 1.165) is 5.69 Å². The van der Waals surface area contributed by atoms with Crippen LogP contribution in [0.4, 0.5) is 0 Å². The summed E-state index contributed by atoms with van der Waals surface area (Å²) in [5.41, 5.74) is 0.762. The van der Waals surface area contributed by atoms with Crippen LogP contribution < -0.4 is 5.32 Å². The highest BCUT2D eigenvalue weighted by Gasteiger charge is 2.15. The monoisotopic (exact) mass is 262 g/mol. The van der Waals surface area contributed by atoms with Gasteiger partial charge >= 0.3 is 0 Å². The Bertz CT molecular complexity index is 357. The van der Waals surface area contributed by atoms with Gasteiger partial charge in [-0.25, -0.2) is 0 Å². The summed E-state index contributed by atoms with van der Waals surface area (Å²) in [6.45, 7) is 3.15. The van der Waals surface area contributed by atoms with E-state index in [2.05, 4.69) is 14.9 Å². The van der Waals surface area contributed by atoms with Crippen LogP contribution in [0.15, 0.2) is 0 Å². The largest absolute Gasteiger partial charge is 0.359 e. The molecule has 0 aromatic carbocycles. The maximum absolute atomic E-state index is 11.3. The number of amides is 1. The summed E-state index contributed by atoms with van der Waals surface area (Å²) in [5.74, 6) is -0.0188. The Morgan fingerprint density at radius 2 is 2.38 bits per heavy atom. The maximum atomic E-state index is 11.3. The number of nitrogens with zero attached hydrogens (tertiary/aromatic N) is 3. The normalized spacial score (nSPS) is 12.8. The number of hydrogen-bond acceptors (Lipinski definition) is 5. The average Bonchev–Trinajstić information content (AvgIpc) is 2.63. The standard InChI is InChI=1S/C9H15ClN4OS/c1-6(9(15)11-2)4-14(3)5-7-8(10)16-13-12-7/h6H,4-5H2,1-3H3,(H,11,15). The zero-order chi connectivity index (χ0) is 12.1. The van der Waals surface area contributed by atoms with Crippen molar-refractivity contribution in [1.82, 2.24) is 19.8 Å². The molecule has 16 heavy (non-hydrogen) atoms. The lowest BCUT2D eigenvalue weighted by Crippen LogP contribution is -2.34. The van der Waals surface area contributed by atoms with E-state index in [9.17, 15) is 4.79 Å². The number of aromatic nitrogens is 2. The van der Waals surface area contributed by atoms with Crippen molar-refractivity contribution in [2.24, 2.45) is 5.92 Å². The fraction of sp³-hybridized carbons (Fsp3) is 0.667. The van der Waals surface area contributed by atoms with E-state index in [0.29, 0.717) is 17.4 Å². The lowest BCUT2D eigenvalue weighted by molar-refractivity contribution is -0.124. The summed E-state index contributed by atoms with van der Waals surface area (Å²) in [6, 6.07) is 0. The molecule has 0 aliphatic heterocycles. The average molecular weight is 263 g/mol. The Hall–Kier alpha value is -0.720. The second-order valence-corrected chi connectivity index (χ2v) is 5.06. The first-order valence-corrected chi connectivity index (χ1v) is 6.06. The van der Waals surface area contributed by atoms with E-state index < -0.39 is 0 Å². The van der Waals surface area contributed by atoms with Gasteiger partial charge in [0.25, 0.3) is 0 Å². The highest BCUT2D eigenvalue weighted by molar-refractivity contribution is 7.10. The summed E-state index contributed by atoms with van der Waals surface area (Å²) < 4.78 is 4.37. The number of carbonyl (C=O) groups is 1. The molecular weight excluding hydrogens is 248 g/mol. The molecule has 0 saturated heterocycles. The Morgan fingerprint density at radius 1 is 1.69 bits per heavy atom. The molecule has 0 fully saturated rings. The zero-order valence-electron chi connectivity index (χ0n) is 9.53. The molecule has 1 aromatic rings. The second-order valence-electron chi connectivity index (χ2n) is 3.71. The first kappa shape index (κ1) is 13.3. The molecule has 1 amide bonds. The van der Waals surface area contributed by atoms with Crippen LogP contribution in [0.3, 0.4) is 0 Å². The van der Waals surface area contributed by atoms with Crippen molar-refractivity contribution >= 4 is 29.0 Å². The minimum absolute atomic E-state index is 0.0364. The van der Waals surface area contributed by atoms with E-state index in [4.69, 9.17) is 11.6 Å². The number of carbonyl (C=O) groups excluding carboxylic acids is 1. The molecular formula is C9H15ClN4OS. The van der Waals surface area contributed by atoms with Crippen molar-refractivity contribution in [1.29, 1.82) is 0 Å². The predicted octanol–water partition coefficient (Wildman–Crippen LogP) is 1.01. The first-order valence-electron chi connectivity index (χ1n) is 4.91. The smallest absolute Gasteiger partial charge is 0.223 e. The molecule has 0 bridgehead atoms. The number of hydrogen-bond donors (Lipinski definition) is 1. The van der Waals surface area contributed by atoms with Gasteiger partial charge in [0.1, 0.15) is 10.0 Å². The van der Waals surface area contributed by atoms with Crippen molar-refractivity contribution in [2.45, 2.75) is 13.5 Å². The van der Waals surface area contributed by atoms with Gasteiger partial charge in [-0.3, -0.25) is 9.69 Å². The summed E-state index contributed by atoms with van der Waals surface area (Å²) in [6.07, 6.45) is 0. The Morgan fingerprint density at radius 3 is 2.88 bits per heavy atom. The topological polar surface area (TPSA) is 58.1 Å². The van der Waals surface area contributed by atoms with Crippen LogP contribution in [0.1, 0.15) is 12.6 Å². The van der Waals surface area contributed by atoms with Gasteiger partial charge in [0, 0.05) is 37.6 Å². The third-order valence-electron chi connectivity index (χ3n) is 2.21. The molecule has 1 N–H and O–H groups in total. The molecule has 0 aliphatic carbocycles. The minimum atomic E-state index is -0.0552. The van der Waals surface area contributed by atoms with Crippen LogP contribution in [0.25, 0.3) is 0 Å². The van der Waals surface area contributed by atoms with Crippen molar-refractivity contribution in [2.75, 3.05) is 20.6 Å². The Balaban J connectivity index is 2.45. The fourth-order valence-electron chi connectivity index (χ4n) is 1.41. The van der Waals surface area contributed by atoms with Gasteiger partial charge in [-0.2, -0.15) is 0 Å². The maximum Gasteiger partial charge on any atom is 0.223 e. The molecule has 1 heterocycles. The van der Waals surface area contributed by atoms with Crippen LogP contribution in [-0.2, 0) is 11.3 Å². The Kier molecular flexibility index (Phi) is 5.11. The van der Waals surface area contributed by atoms with Gasteiger partial charge in [-0.15, -0.1) is 5.10 Å². The third-order valence-corrected chi connectivity index (χ3v) is 3.19. The first-order chi connectivity index (χ1) is 7.54. The summed E-state index contributed by atoms with van der Waals surface area (Å²) in [7, 11) is 3.56. The molecule has 90 valence electrons. The van der Waals surface area contributed by atoms with E-state index in [-0.39, 0.29) is 11.8 Å². The summed E-state index contributed by atoms with van der Waals surface area (Å²) >= 11 is 7.07.